The summed E-state index contributed by atoms with van der Waals surface area (Å²) in [6, 6.07) is 18.9. The number of aromatic nitrogens is 2. The van der Waals surface area contributed by atoms with E-state index in [9.17, 15) is 4.79 Å². The summed E-state index contributed by atoms with van der Waals surface area (Å²) >= 11 is 0. The minimum Gasteiger partial charge on any atom is -0.370 e. The summed E-state index contributed by atoms with van der Waals surface area (Å²) in [6.45, 7) is 4.78. The number of nitrogens with one attached hydrogen (secondary N) is 1. The van der Waals surface area contributed by atoms with E-state index in [4.69, 9.17) is 4.98 Å². The molecule has 36 heavy (non-hydrogen) atoms. The van der Waals surface area contributed by atoms with E-state index in [1.165, 1.54) is 37.2 Å². The first kappa shape index (κ1) is 22.8. The van der Waals surface area contributed by atoms with Gasteiger partial charge in [-0.1, -0.05) is 24.3 Å². The van der Waals surface area contributed by atoms with E-state index in [-0.39, 0.29) is 5.91 Å². The van der Waals surface area contributed by atoms with E-state index in [0.717, 1.165) is 40.8 Å². The van der Waals surface area contributed by atoms with Crippen LogP contribution < -0.4 is 4.90 Å². The average molecular weight is 480 g/mol. The van der Waals surface area contributed by atoms with Crippen molar-refractivity contribution in [1.29, 1.82) is 0 Å². The molecule has 0 radical (unpaired) electrons. The standard InChI is InChI=1S/C30H33N5O/c1-33(2)29(36)23-7-5-22(6-8-23)27-17-32-28-26(27)15-24(16-31-28)21-9-11-25(12-10-21)35-19-30(20-35)13-4-14-34(3)18-30/h5-12,15-17H,4,13-14,18-20H2,1-3H3,(H,31,32). The van der Waals surface area contributed by atoms with Gasteiger partial charge in [0, 0.05) is 79.3 Å². The number of benzene rings is 2. The van der Waals surface area contributed by atoms with Gasteiger partial charge in [0.25, 0.3) is 5.91 Å². The molecule has 1 amide bonds. The van der Waals surface area contributed by atoms with Gasteiger partial charge < -0.3 is 19.7 Å². The van der Waals surface area contributed by atoms with Crippen molar-refractivity contribution in [3.63, 3.8) is 0 Å². The van der Waals surface area contributed by atoms with Crippen LogP contribution in [0.25, 0.3) is 33.3 Å². The van der Waals surface area contributed by atoms with Gasteiger partial charge in [-0.3, -0.25) is 4.79 Å². The third-order valence-electron chi connectivity index (χ3n) is 7.85. The molecule has 6 rings (SSSR count). The zero-order valence-corrected chi connectivity index (χ0v) is 21.3. The van der Waals surface area contributed by atoms with Crippen LogP contribution in [0.1, 0.15) is 23.2 Å². The molecule has 1 N–H and O–H groups in total. The van der Waals surface area contributed by atoms with E-state index in [1.807, 2.05) is 36.7 Å². The highest BCUT2D eigenvalue weighted by molar-refractivity contribution is 5.98. The molecule has 2 aliphatic rings. The topological polar surface area (TPSA) is 55.5 Å². The molecule has 0 bridgehead atoms. The summed E-state index contributed by atoms with van der Waals surface area (Å²) in [5.74, 6) is 0.00681. The van der Waals surface area contributed by atoms with Crippen LogP contribution in [0.2, 0.25) is 0 Å². The Kier molecular flexibility index (Phi) is 5.56. The minimum atomic E-state index is 0.00681. The lowest BCUT2D eigenvalue weighted by Gasteiger charge is -2.55. The Balaban J connectivity index is 1.22. The number of fused-ring (bicyclic) bond motifs is 1. The highest BCUT2D eigenvalue weighted by atomic mass is 16.2. The molecule has 0 atom stereocenters. The van der Waals surface area contributed by atoms with E-state index >= 15 is 0 Å². The molecule has 2 aromatic heterocycles. The third kappa shape index (κ3) is 4.05. The lowest BCUT2D eigenvalue weighted by atomic mass is 9.73. The molecule has 6 heteroatoms. The number of anilines is 1. The number of amides is 1. The van der Waals surface area contributed by atoms with Crippen molar-refractivity contribution in [2.24, 2.45) is 5.41 Å². The smallest absolute Gasteiger partial charge is 0.253 e. The fourth-order valence-electron chi connectivity index (χ4n) is 5.97. The molecular weight excluding hydrogens is 446 g/mol. The fourth-order valence-corrected chi connectivity index (χ4v) is 5.97. The Hall–Kier alpha value is -3.64. The Bertz CT molecular complexity index is 1400. The average Bonchev–Trinajstić information content (AvgIpc) is 3.30. The summed E-state index contributed by atoms with van der Waals surface area (Å²) in [6.07, 6.45) is 6.60. The molecule has 4 aromatic rings. The van der Waals surface area contributed by atoms with Gasteiger partial charge in [-0.15, -0.1) is 0 Å². The molecule has 1 spiro atoms. The van der Waals surface area contributed by atoms with Crippen molar-refractivity contribution >= 4 is 22.6 Å². The van der Waals surface area contributed by atoms with Crippen molar-refractivity contribution < 1.29 is 4.79 Å². The first-order valence-corrected chi connectivity index (χ1v) is 12.7. The molecule has 6 nitrogen and oxygen atoms in total. The molecule has 2 aromatic carbocycles. The van der Waals surface area contributed by atoms with Gasteiger partial charge in [0.1, 0.15) is 5.65 Å². The fraction of sp³-hybridized carbons (Fsp3) is 0.333. The van der Waals surface area contributed by atoms with E-state index in [0.29, 0.717) is 11.0 Å². The zero-order valence-electron chi connectivity index (χ0n) is 21.3. The maximum absolute atomic E-state index is 12.2. The second-order valence-corrected chi connectivity index (χ2v) is 10.8. The van der Waals surface area contributed by atoms with Gasteiger partial charge in [0.15, 0.2) is 0 Å². The number of aromatic amines is 1. The quantitative estimate of drug-likeness (QED) is 0.441. The van der Waals surface area contributed by atoms with E-state index in [1.54, 1.807) is 19.0 Å². The van der Waals surface area contributed by atoms with E-state index in [2.05, 4.69) is 52.2 Å². The highest BCUT2D eigenvalue weighted by Gasteiger charge is 2.44. The van der Waals surface area contributed by atoms with Crippen LogP contribution in [0.5, 0.6) is 0 Å². The van der Waals surface area contributed by atoms with Crippen LogP contribution in [-0.2, 0) is 0 Å². The monoisotopic (exact) mass is 479 g/mol. The van der Waals surface area contributed by atoms with Crippen LogP contribution in [-0.4, -0.2) is 73.0 Å². The summed E-state index contributed by atoms with van der Waals surface area (Å²) in [4.78, 5) is 26.8. The van der Waals surface area contributed by atoms with E-state index < -0.39 is 0 Å². The molecule has 0 aliphatic carbocycles. The SMILES string of the molecule is CN1CCCC2(C1)CN(c1ccc(-c3cnc4[nH]cc(-c5ccc(C(=O)N(C)C)cc5)c4c3)cc1)C2. The van der Waals surface area contributed by atoms with Crippen LogP contribution in [0.15, 0.2) is 67.0 Å². The first-order valence-electron chi connectivity index (χ1n) is 12.7. The number of H-pyrrole nitrogens is 1. The van der Waals surface area contributed by atoms with Crippen molar-refractivity contribution in [2.75, 3.05) is 52.2 Å². The summed E-state index contributed by atoms with van der Waals surface area (Å²) in [7, 11) is 5.79. The lowest BCUT2D eigenvalue weighted by Crippen LogP contribution is -2.62. The third-order valence-corrected chi connectivity index (χ3v) is 7.85. The number of piperidine rings is 1. The predicted octanol–water partition coefficient (Wildman–Crippen LogP) is 5.13. The Morgan fingerprint density at radius 3 is 2.39 bits per heavy atom. The molecule has 2 saturated heterocycles. The highest BCUT2D eigenvalue weighted by Crippen LogP contribution is 2.41. The maximum atomic E-state index is 12.2. The number of pyridine rings is 1. The number of rotatable bonds is 4. The van der Waals surface area contributed by atoms with Crippen LogP contribution in [0.3, 0.4) is 0 Å². The first-order chi connectivity index (χ1) is 17.4. The van der Waals surface area contributed by atoms with Crippen LogP contribution in [0.4, 0.5) is 5.69 Å². The Morgan fingerprint density at radius 1 is 0.972 bits per heavy atom. The van der Waals surface area contributed by atoms with Gasteiger partial charge >= 0.3 is 0 Å². The van der Waals surface area contributed by atoms with Gasteiger partial charge in [0.05, 0.1) is 0 Å². The lowest BCUT2D eigenvalue weighted by molar-refractivity contribution is 0.0784. The molecule has 0 saturated carbocycles. The van der Waals surface area contributed by atoms with Crippen LogP contribution >= 0.6 is 0 Å². The molecule has 4 heterocycles. The summed E-state index contributed by atoms with van der Waals surface area (Å²) in [5.41, 5.74) is 7.76. The number of likely N-dealkylation sites (tertiary alicyclic amines) is 1. The molecule has 0 unspecified atom stereocenters. The number of hydrogen-bond donors (Lipinski definition) is 1. The second-order valence-electron chi connectivity index (χ2n) is 10.8. The van der Waals surface area contributed by atoms with Crippen molar-refractivity contribution in [2.45, 2.75) is 12.8 Å². The zero-order chi connectivity index (χ0) is 24.9. The summed E-state index contributed by atoms with van der Waals surface area (Å²) < 4.78 is 0. The number of carbonyl (C=O) groups is 1. The minimum absolute atomic E-state index is 0.00681. The van der Waals surface area contributed by atoms with Crippen molar-refractivity contribution in [3.8, 4) is 22.3 Å². The Morgan fingerprint density at radius 2 is 1.69 bits per heavy atom. The number of nitrogens with zero attached hydrogens (tertiary/aromatic N) is 4. The molecule has 2 fully saturated rings. The van der Waals surface area contributed by atoms with Gasteiger partial charge in [-0.2, -0.15) is 0 Å². The van der Waals surface area contributed by atoms with Gasteiger partial charge in [-0.05, 0) is 67.9 Å². The number of hydrogen-bond acceptors (Lipinski definition) is 4. The number of carbonyl (C=O) groups excluding carboxylic acids is 1. The molecular formula is C30H33N5O. The maximum Gasteiger partial charge on any atom is 0.253 e. The second kappa shape index (κ2) is 8.79. The molecule has 2 aliphatic heterocycles. The largest absolute Gasteiger partial charge is 0.370 e. The summed E-state index contributed by atoms with van der Waals surface area (Å²) in [5, 5.41) is 1.08. The van der Waals surface area contributed by atoms with Crippen LogP contribution in [0, 0.1) is 5.41 Å². The van der Waals surface area contributed by atoms with Crippen molar-refractivity contribution in [1.82, 2.24) is 19.8 Å². The Labute approximate surface area is 212 Å². The predicted molar refractivity (Wildman–Crippen MR) is 146 cm³/mol. The van der Waals surface area contributed by atoms with Gasteiger partial charge in [-0.25, -0.2) is 4.98 Å². The normalized spacial score (nSPS) is 17.4. The molecule has 184 valence electrons. The van der Waals surface area contributed by atoms with Gasteiger partial charge in [0.2, 0.25) is 0 Å². The van der Waals surface area contributed by atoms with Crippen molar-refractivity contribution in [3.05, 3.63) is 72.6 Å².